The maximum Gasteiger partial charge on any atom is 0.434 e. The van der Waals surface area contributed by atoms with Crippen LogP contribution in [0.2, 0.25) is 0 Å². The van der Waals surface area contributed by atoms with Gasteiger partial charge in [0.25, 0.3) is 0 Å². The van der Waals surface area contributed by atoms with E-state index in [1.807, 2.05) is 0 Å². The van der Waals surface area contributed by atoms with Crippen LogP contribution in [0.1, 0.15) is 24.5 Å². The largest absolute Gasteiger partial charge is 0.434 e. The lowest BCUT2D eigenvalue weighted by atomic mass is 10.2. The Hall–Kier alpha value is -0.660. The van der Waals surface area contributed by atoms with E-state index in [9.17, 15) is 13.2 Å². The van der Waals surface area contributed by atoms with Crippen LogP contribution in [0.15, 0.2) is 10.4 Å². The van der Waals surface area contributed by atoms with Crippen molar-refractivity contribution >= 4 is 41.3 Å². The molecule has 0 aromatic carbocycles. The standard InChI is InChI=1S/C16H27F3N6S.HI/c1-4-24-5-7-25(8-6-24)12(2)9-21-15(20-3)22-10-14-23-13(11-26-14)16(17,18)19;/h11-12H,4-10H2,1-3H3,(H2,20,21,22);1H. The number of thiazole rings is 1. The van der Waals surface area contributed by atoms with Crippen LogP contribution in [-0.2, 0) is 12.7 Å². The molecule has 1 aliphatic heterocycles. The fourth-order valence-electron chi connectivity index (χ4n) is 2.80. The van der Waals surface area contributed by atoms with Crippen molar-refractivity contribution in [3.05, 3.63) is 16.1 Å². The predicted molar refractivity (Wildman–Crippen MR) is 114 cm³/mol. The molecule has 1 aromatic heterocycles. The maximum absolute atomic E-state index is 12.6. The third-order valence-electron chi connectivity index (χ3n) is 4.52. The van der Waals surface area contributed by atoms with E-state index < -0.39 is 11.9 Å². The first-order chi connectivity index (χ1) is 12.3. The maximum atomic E-state index is 12.6. The van der Waals surface area contributed by atoms with Gasteiger partial charge >= 0.3 is 6.18 Å². The Balaban J connectivity index is 0.00000364. The Bertz CT molecular complexity index is 587. The first kappa shape index (κ1) is 24.4. The highest BCUT2D eigenvalue weighted by Crippen LogP contribution is 2.29. The topological polar surface area (TPSA) is 55.8 Å². The lowest BCUT2D eigenvalue weighted by molar-refractivity contribution is -0.140. The summed E-state index contributed by atoms with van der Waals surface area (Å²) in [5, 5.41) is 7.67. The molecule has 1 fully saturated rings. The summed E-state index contributed by atoms with van der Waals surface area (Å²) in [6.07, 6.45) is -4.40. The van der Waals surface area contributed by atoms with E-state index in [0.717, 1.165) is 56.0 Å². The molecule has 1 saturated heterocycles. The van der Waals surface area contributed by atoms with Crippen LogP contribution in [0, 0.1) is 0 Å². The molecule has 0 spiro atoms. The Morgan fingerprint density at radius 2 is 1.96 bits per heavy atom. The van der Waals surface area contributed by atoms with Crippen molar-refractivity contribution in [3.8, 4) is 0 Å². The van der Waals surface area contributed by atoms with Crippen LogP contribution in [0.25, 0.3) is 0 Å². The van der Waals surface area contributed by atoms with Crippen LogP contribution < -0.4 is 10.6 Å². The number of hydrogen-bond donors (Lipinski definition) is 2. The number of nitrogens with zero attached hydrogens (tertiary/aromatic N) is 4. The number of likely N-dealkylation sites (N-methyl/N-ethyl adjacent to an activating group) is 1. The zero-order valence-electron chi connectivity index (χ0n) is 15.8. The van der Waals surface area contributed by atoms with Crippen LogP contribution in [0.5, 0.6) is 0 Å². The molecule has 1 aromatic rings. The molecule has 0 radical (unpaired) electrons. The summed E-state index contributed by atoms with van der Waals surface area (Å²) < 4.78 is 37.7. The first-order valence-electron chi connectivity index (χ1n) is 8.76. The number of aromatic nitrogens is 1. The molecule has 0 amide bonds. The minimum Gasteiger partial charge on any atom is -0.355 e. The predicted octanol–water partition coefficient (Wildman–Crippen LogP) is 2.47. The molecule has 1 aliphatic rings. The van der Waals surface area contributed by atoms with Crippen molar-refractivity contribution < 1.29 is 13.2 Å². The molecule has 2 rings (SSSR count). The van der Waals surface area contributed by atoms with Crippen molar-refractivity contribution in [1.29, 1.82) is 0 Å². The molecule has 1 atom stereocenters. The van der Waals surface area contributed by atoms with E-state index in [-0.39, 0.29) is 30.5 Å². The third-order valence-corrected chi connectivity index (χ3v) is 5.36. The van der Waals surface area contributed by atoms with Crippen molar-refractivity contribution in [2.45, 2.75) is 32.6 Å². The van der Waals surface area contributed by atoms with E-state index in [0.29, 0.717) is 17.0 Å². The Morgan fingerprint density at radius 3 is 2.48 bits per heavy atom. The summed E-state index contributed by atoms with van der Waals surface area (Å²) >= 11 is 0.989. The van der Waals surface area contributed by atoms with Gasteiger partial charge in [0.05, 0.1) is 6.54 Å². The fraction of sp³-hybridized carbons (Fsp3) is 0.750. The molecule has 2 N–H and O–H groups in total. The van der Waals surface area contributed by atoms with E-state index >= 15 is 0 Å². The van der Waals surface area contributed by atoms with Crippen molar-refractivity contribution in [3.63, 3.8) is 0 Å². The summed E-state index contributed by atoms with van der Waals surface area (Å²) in [5.41, 5.74) is -0.845. The summed E-state index contributed by atoms with van der Waals surface area (Å²) in [5.74, 6) is 0.563. The second-order valence-corrected chi connectivity index (χ2v) is 7.19. The van der Waals surface area contributed by atoms with E-state index in [4.69, 9.17) is 0 Å². The quantitative estimate of drug-likeness (QED) is 0.343. The highest BCUT2D eigenvalue weighted by molar-refractivity contribution is 14.0. The minimum atomic E-state index is -4.40. The number of piperazine rings is 1. The number of alkyl halides is 3. The van der Waals surface area contributed by atoms with Gasteiger partial charge in [0.2, 0.25) is 0 Å². The Morgan fingerprint density at radius 1 is 1.30 bits per heavy atom. The molecular formula is C16H28F3IN6S. The van der Waals surface area contributed by atoms with Gasteiger partial charge in [0.1, 0.15) is 5.01 Å². The van der Waals surface area contributed by atoms with E-state index in [2.05, 4.69) is 44.3 Å². The third kappa shape index (κ3) is 7.70. The molecule has 0 bridgehead atoms. The number of halogens is 4. The van der Waals surface area contributed by atoms with Gasteiger partial charge in [-0.2, -0.15) is 13.2 Å². The fourth-order valence-corrected chi connectivity index (χ4v) is 3.54. The van der Waals surface area contributed by atoms with E-state index in [1.165, 1.54) is 0 Å². The molecule has 6 nitrogen and oxygen atoms in total. The van der Waals surface area contributed by atoms with Crippen molar-refractivity contribution in [2.24, 2.45) is 4.99 Å². The van der Waals surface area contributed by atoms with Gasteiger partial charge < -0.3 is 15.5 Å². The second kappa shape index (κ2) is 11.4. The minimum absolute atomic E-state index is 0. The smallest absolute Gasteiger partial charge is 0.355 e. The Kier molecular flexibility index (Phi) is 10.3. The molecule has 1 unspecified atom stereocenters. The van der Waals surface area contributed by atoms with Gasteiger partial charge in [-0.15, -0.1) is 35.3 Å². The lowest BCUT2D eigenvalue weighted by Gasteiger charge is -2.37. The average molecular weight is 520 g/mol. The number of guanidine groups is 1. The van der Waals surface area contributed by atoms with Crippen molar-refractivity contribution in [2.75, 3.05) is 46.3 Å². The van der Waals surface area contributed by atoms with Crippen LogP contribution in [-0.4, -0.2) is 73.1 Å². The average Bonchev–Trinajstić information content (AvgIpc) is 3.11. The van der Waals surface area contributed by atoms with Crippen LogP contribution in [0.4, 0.5) is 13.2 Å². The Labute approximate surface area is 179 Å². The number of rotatable bonds is 6. The van der Waals surface area contributed by atoms with E-state index in [1.54, 1.807) is 7.05 Å². The highest BCUT2D eigenvalue weighted by atomic mass is 127. The van der Waals surface area contributed by atoms with Gasteiger partial charge in [0, 0.05) is 51.2 Å². The molecule has 0 saturated carbocycles. The summed E-state index contributed by atoms with van der Waals surface area (Å²) in [6, 6.07) is 0.351. The number of hydrogen-bond acceptors (Lipinski definition) is 5. The van der Waals surface area contributed by atoms with Crippen LogP contribution >= 0.6 is 35.3 Å². The molecule has 11 heteroatoms. The van der Waals surface area contributed by atoms with Gasteiger partial charge in [-0.25, -0.2) is 4.98 Å². The monoisotopic (exact) mass is 520 g/mol. The lowest BCUT2D eigenvalue weighted by Crippen LogP contribution is -2.53. The van der Waals surface area contributed by atoms with Crippen molar-refractivity contribution in [1.82, 2.24) is 25.4 Å². The summed E-state index contributed by atoms with van der Waals surface area (Å²) in [4.78, 5) is 12.6. The molecule has 156 valence electrons. The van der Waals surface area contributed by atoms with Gasteiger partial charge in [-0.05, 0) is 13.5 Å². The molecular weight excluding hydrogens is 492 g/mol. The number of nitrogens with one attached hydrogen (secondary N) is 2. The van der Waals surface area contributed by atoms with Gasteiger partial charge in [-0.1, -0.05) is 6.92 Å². The normalized spacial score (nSPS) is 18.1. The number of aliphatic imine (C=N–C) groups is 1. The zero-order chi connectivity index (χ0) is 19.2. The van der Waals surface area contributed by atoms with Crippen LogP contribution in [0.3, 0.4) is 0 Å². The second-order valence-electron chi connectivity index (χ2n) is 6.25. The highest BCUT2D eigenvalue weighted by Gasteiger charge is 2.33. The van der Waals surface area contributed by atoms with Gasteiger partial charge in [0.15, 0.2) is 11.7 Å². The molecule has 27 heavy (non-hydrogen) atoms. The first-order valence-corrected chi connectivity index (χ1v) is 9.64. The summed E-state index contributed by atoms with van der Waals surface area (Å²) in [6.45, 7) is 10.6. The summed E-state index contributed by atoms with van der Waals surface area (Å²) in [7, 11) is 1.64. The van der Waals surface area contributed by atoms with Gasteiger partial charge in [-0.3, -0.25) is 9.89 Å². The zero-order valence-corrected chi connectivity index (χ0v) is 19.0. The molecule has 0 aliphatic carbocycles. The molecule has 2 heterocycles. The SMILES string of the molecule is CCN1CCN(C(C)CNC(=NC)NCc2nc(C(F)(F)F)cs2)CC1.I.